The van der Waals surface area contributed by atoms with E-state index in [1.54, 1.807) is 0 Å². The van der Waals surface area contributed by atoms with Gasteiger partial charge in [-0.05, 0) is 24.3 Å². The minimum Gasteiger partial charge on any atom is -0.409 e. The molecule has 118 valence electrons. The Kier molecular flexibility index (Phi) is 5.55. The average Bonchev–Trinajstić information content (AvgIpc) is 2.42. The minimum absolute atomic E-state index is 0.0502. The lowest BCUT2D eigenvalue weighted by Gasteiger charge is -2.09. The number of oxime groups is 1. The molecule has 0 amide bonds. The molecule has 0 atom stereocenters. The zero-order valence-corrected chi connectivity index (χ0v) is 11.6. The predicted molar refractivity (Wildman–Crippen MR) is 69.9 cm³/mol. The van der Waals surface area contributed by atoms with Gasteiger partial charge in [-0.3, -0.25) is 0 Å². The van der Waals surface area contributed by atoms with Gasteiger partial charge in [-0.25, -0.2) is 8.42 Å². The van der Waals surface area contributed by atoms with E-state index in [9.17, 15) is 21.6 Å². The summed E-state index contributed by atoms with van der Waals surface area (Å²) in [5.41, 5.74) is 5.65. The first kappa shape index (κ1) is 17.2. The van der Waals surface area contributed by atoms with Gasteiger partial charge in [-0.2, -0.15) is 13.2 Å². The predicted octanol–water partition coefficient (Wildman–Crippen LogP) is 0.707. The molecule has 0 aliphatic heterocycles. The van der Waals surface area contributed by atoms with E-state index in [1.807, 2.05) is 5.32 Å². The quantitative estimate of drug-likeness (QED) is 0.235. The van der Waals surface area contributed by atoms with Crippen molar-refractivity contribution in [3.8, 4) is 0 Å². The van der Waals surface area contributed by atoms with Crippen molar-refractivity contribution < 1.29 is 26.8 Å². The minimum atomic E-state index is -4.38. The molecule has 0 unspecified atom stereocenters. The lowest BCUT2D eigenvalue weighted by molar-refractivity contribution is -0.124. The molecule has 6 nitrogen and oxygen atoms in total. The first-order valence-electron chi connectivity index (χ1n) is 5.74. The summed E-state index contributed by atoms with van der Waals surface area (Å²) < 4.78 is 59.4. The zero-order valence-electron chi connectivity index (χ0n) is 10.8. The molecule has 0 radical (unpaired) electrons. The maximum absolute atomic E-state index is 11.9. The van der Waals surface area contributed by atoms with Crippen LogP contribution < -0.4 is 11.1 Å². The first-order valence-corrected chi connectivity index (χ1v) is 7.39. The van der Waals surface area contributed by atoms with Crippen molar-refractivity contribution in [2.45, 2.75) is 11.1 Å². The van der Waals surface area contributed by atoms with Crippen molar-refractivity contribution in [3.05, 3.63) is 29.8 Å². The molecule has 0 spiro atoms. The summed E-state index contributed by atoms with van der Waals surface area (Å²) in [5, 5.41) is 13.2. The van der Waals surface area contributed by atoms with Gasteiger partial charge >= 0.3 is 6.18 Å². The lowest BCUT2D eigenvalue weighted by atomic mass is 10.2. The highest BCUT2D eigenvalue weighted by atomic mass is 32.2. The molecule has 0 aliphatic rings. The fraction of sp³-hybridized carbons (Fsp3) is 0.364. The SMILES string of the molecule is N/C(=N/O)c1ccc(S(=O)(=O)CCNCC(F)(F)F)cc1. The molecule has 1 aromatic rings. The second kappa shape index (κ2) is 6.76. The molecular formula is C11H14F3N3O3S. The van der Waals surface area contributed by atoms with Crippen LogP contribution in [0.15, 0.2) is 34.3 Å². The van der Waals surface area contributed by atoms with Crippen LogP contribution in [0.25, 0.3) is 0 Å². The van der Waals surface area contributed by atoms with Gasteiger partial charge in [0, 0.05) is 12.1 Å². The number of amidine groups is 1. The fourth-order valence-electron chi connectivity index (χ4n) is 1.45. The average molecular weight is 325 g/mol. The van der Waals surface area contributed by atoms with Crippen molar-refractivity contribution in [1.29, 1.82) is 0 Å². The second-order valence-corrected chi connectivity index (χ2v) is 6.23. The number of benzene rings is 1. The number of nitrogens with two attached hydrogens (primary N) is 1. The largest absolute Gasteiger partial charge is 0.409 e. The lowest BCUT2D eigenvalue weighted by Crippen LogP contribution is -2.32. The Labute approximate surface area is 119 Å². The highest BCUT2D eigenvalue weighted by Gasteiger charge is 2.26. The molecular weight excluding hydrogens is 311 g/mol. The van der Waals surface area contributed by atoms with Crippen LogP contribution in [0.2, 0.25) is 0 Å². The number of hydrogen-bond acceptors (Lipinski definition) is 5. The molecule has 10 heteroatoms. The van der Waals surface area contributed by atoms with Gasteiger partial charge in [0.1, 0.15) is 0 Å². The number of nitrogens with zero attached hydrogens (tertiary/aromatic N) is 1. The van der Waals surface area contributed by atoms with Gasteiger partial charge in [0.05, 0.1) is 17.2 Å². The Hall–Kier alpha value is -1.81. The van der Waals surface area contributed by atoms with E-state index in [0.717, 1.165) is 0 Å². The maximum Gasteiger partial charge on any atom is 0.401 e. The molecule has 0 aliphatic carbocycles. The van der Waals surface area contributed by atoms with Crippen LogP contribution in [-0.4, -0.2) is 44.5 Å². The van der Waals surface area contributed by atoms with Gasteiger partial charge in [0.15, 0.2) is 15.7 Å². The van der Waals surface area contributed by atoms with Crippen LogP contribution in [0.5, 0.6) is 0 Å². The molecule has 0 saturated heterocycles. The van der Waals surface area contributed by atoms with Gasteiger partial charge in [-0.1, -0.05) is 5.16 Å². The Bertz CT molecular complexity index is 597. The van der Waals surface area contributed by atoms with E-state index < -0.39 is 28.3 Å². The van der Waals surface area contributed by atoms with Crippen LogP contribution in [0, 0.1) is 0 Å². The summed E-state index contributed by atoms with van der Waals surface area (Å²) >= 11 is 0. The number of hydrogen-bond donors (Lipinski definition) is 3. The second-order valence-electron chi connectivity index (χ2n) is 4.12. The summed E-state index contributed by atoms with van der Waals surface area (Å²) in [6.07, 6.45) is -4.38. The van der Waals surface area contributed by atoms with E-state index in [-0.39, 0.29) is 17.3 Å². The highest BCUT2D eigenvalue weighted by Crippen LogP contribution is 2.14. The van der Waals surface area contributed by atoms with Gasteiger partial charge < -0.3 is 16.3 Å². The first-order chi connectivity index (χ1) is 9.65. The van der Waals surface area contributed by atoms with Crippen molar-refractivity contribution in [2.24, 2.45) is 10.9 Å². The van der Waals surface area contributed by atoms with Crippen LogP contribution in [-0.2, 0) is 9.84 Å². The van der Waals surface area contributed by atoms with Crippen LogP contribution in [0.1, 0.15) is 5.56 Å². The monoisotopic (exact) mass is 325 g/mol. The van der Waals surface area contributed by atoms with Crippen molar-refractivity contribution in [3.63, 3.8) is 0 Å². The third-order valence-electron chi connectivity index (χ3n) is 2.49. The van der Waals surface area contributed by atoms with E-state index in [2.05, 4.69) is 5.16 Å². The number of nitrogens with one attached hydrogen (secondary N) is 1. The van der Waals surface area contributed by atoms with Crippen molar-refractivity contribution in [1.82, 2.24) is 5.32 Å². The van der Waals surface area contributed by atoms with Gasteiger partial charge in [0.25, 0.3) is 0 Å². The summed E-state index contributed by atoms with van der Waals surface area (Å²) in [6.45, 7) is -1.56. The van der Waals surface area contributed by atoms with Crippen LogP contribution >= 0.6 is 0 Å². The molecule has 0 bridgehead atoms. The van der Waals surface area contributed by atoms with Crippen molar-refractivity contribution >= 4 is 15.7 Å². The van der Waals surface area contributed by atoms with E-state index in [4.69, 9.17) is 10.9 Å². The molecule has 1 rings (SSSR count). The molecule has 0 heterocycles. The standard InChI is InChI=1S/C11H14F3N3O3S/c12-11(13,14)7-16-5-6-21(19,20)9-3-1-8(2-4-9)10(15)17-18/h1-4,16,18H,5-7H2,(H2,15,17). The molecule has 21 heavy (non-hydrogen) atoms. The number of halogens is 3. The summed E-state index contributed by atoms with van der Waals surface area (Å²) in [5.74, 6) is -0.641. The number of sulfone groups is 1. The molecule has 0 fully saturated rings. The Balaban J connectivity index is 2.66. The third-order valence-corrected chi connectivity index (χ3v) is 4.22. The van der Waals surface area contributed by atoms with Crippen molar-refractivity contribution in [2.75, 3.05) is 18.8 Å². The molecule has 1 aromatic carbocycles. The summed E-state index contributed by atoms with van der Waals surface area (Å²) in [7, 11) is -3.70. The Morgan fingerprint density at radius 1 is 1.29 bits per heavy atom. The molecule has 0 aromatic heterocycles. The van der Waals surface area contributed by atoms with Crippen LogP contribution in [0.4, 0.5) is 13.2 Å². The Morgan fingerprint density at radius 3 is 2.33 bits per heavy atom. The molecule has 0 saturated carbocycles. The van der Waals surface area contributed by atoms with E-state index >= 15 is 0 Å². The van der Waals surface area contributed by atoms with Gasteiger partial charge in [0.2, 0.25) is 0 Å². The van der Waals surface area contributed by atoms with E-state index in [0.29, 0.717) is 5.56 Å². The number of rotatable bonds is 6. The topological polar surface area (TPSA) is 105 Å². The normalized spacial score (nSPS) is 13.4. The smallest absolute Gasteiger partial charge is 0.401 e. The molecule has 4 N–H and O–H groups in total. The van der Waals surface area contributed by atoms with Gasteiger partial charge in [-0.15, -0.1) is 0 Å². The fourth-order valence-corrected chi connectivity index (χ4v) is 2.64. The zero-order chi connectivity index (χ0) is 16.1. The van der Waals surface area contributed by atoms with E-state index in [1.165, 1.54) is 24.3 Å². The summed E-state index contributed by atoms with van der Waals surface area (Å²) in [6, 6.07) is 5.16. The number of alkyl halides is 3. The summed E-state index contributed by atoms with van der Waals surface area (Å²) in [4.78, 5) is -0.0502. The highest BCUT2D eigenvalue weighted by molar-refractivity contribution is 7.91. The Morgan fingerprint density at radius 2 is 1.86 bits per heavy atom. The van der Waals surface area contributed by atoms with Crippen LogP contribution in [0.3, 0.4) is 0 Å². The maximum atomic E-state index is 11.9. The third kappa shape index (κ3) is 5.60.